The van der Waals surface area contributed by atoms with E-state index in [4.69, 9.17) is 0 Å². The van der Waals surface area contributed by atoms with Crippen LogP contribution < -0.4 is 5.32 Å². The number of nitrogens with one attached hydrogen (secondary N) is 1. The first-order valence-corrected chi connectivity index (χ1v) is 9.00. The number of nitrogens with zero attached hydrogens (tertiary/aromatic N) is 1. The lowest BCUT2D eigenvalue weighted by Gasteiger charge is -2.44. The van der Waals surface area contributed by atoms with Crippen LogP contribution in [-0.4, -0.2) is 38.1 Å². The van der Waals surface area contributed by atoms with Crippen molar-refractivity contribution in [3.8, 4) is 0 Å². The van der Waals surface area contributed by atoms with Crippen LogP contribution in [-0.2, 0) is 0 Å². The van der Waals surface area contributed by atoms with Gasteiger partial charge in [0, 0.05) is 19.1 Å². The van der Waals surface area contributed by atoms with Crippen LogP contribution in [0.1, 0.15) is 71.1 Å². The van der Waals surface area contributed by atoms with E-state index in [9.17, 15) is 0 Å². The lowest BCUT2D eigenvalue weighted by atomic mass is 9.69. The lowest BCUT2D eigenvalue weighted by molar-refractivity contribution is 0.0701. The van der Waals surface area contributed by atoms with E-state index >= 15 is 0 Å². The molecule has 0 bridgehead atoms. The van der Waals surface area contributed by atoms with Crippen molar-refractivity contribution >= 4 is 0 Å². The Morgan fingerprint density at radius 3 is 2.35 bits per heavy atom. The molecule has 0 aromatic rings. The fourth-order valence-electron chi connectivity index (χ4n) is 4.86. The summed E-state index contributed by atoms with van der Waals surface area (Å²) in [6, 6.07) is 0.850. The quantitative estimate of drug-likeness (QED) is 0.764. The minimum Gasteiger partial charge on any atom is -0.319 e. The highest BCUT2D eigenvalue weighted by atomic mass is 15.1. The first-order chi connectivity index (χ1) is 9.65. The molecule has 2 fully saturated rings. The van der Waals surface area contributed by atoms with Crippen LogP contribution in [0.4, 0.5) is 0 Å². The molecule has 2 unspecified atom stereocenters. The second-order valence-electron chi connectivity index (χ2n) is 7.79. The fourth-order valence-corrected chi connectivity index (χ4v) is 4.86. The summed E-state index contributed by atoms with van der Waals surface area (Å²) in [6.45, 7) is 4.96. The van der Waals surface area contributed by atoms with E-state index in [1.807, 2.05) is 0 Å². The molecule has 2 nitrogen and oxygen atoms in total. The molecule has 2 rings (SSSR count). The van der Waals surface area contributed by atoms with Gasteiger partial charge in [-0.1, -0.05) is 45.4 Å². The molecule has 0 amide bonds. The van der Waals surface area contributed by atoms with Gasteiger partial charge in [0.05, 0.1) is 0 Å². The van der Waals surface area contributed by atoms with Gasteiger partial charge < -0.3 is 10.2 Å². The molecule has 20 heavy (non-hydrogen) atoms. The number of hydrogen-bond donors (Lipinski definition) is 1. The van der Waals surface area contributed by atoms with Crippen molar-refractivity contribution in [1.29, 1.82) is 0 Å². The second kappa shape index (κ2) is 7.79. The molecule has 0 heterocycles. The van der Waals surface area contributed by atoms with Crippen LogP contribution in [0, 0.1) is 11.3 Å². The van der Waals surface area contributed by atoms with E-state index in [1.54, 1.807) is 0 Å². The standard InChI is InChI=1S/C18H36N2/c1-16-9-8-12-18(13-16,14-19-2)15-20(3)17-10-6-4-5-7-11-17/h16-17,19H,4-15H2,1-3H3. The number of hydrogen-bond acceptors (Lipinski definition) is 2. The average Bonchev–Trinajstić information content (AvgIpc) is 2.67. The minimum atomic E-state index is 0.535. The molecular formula is C18H36N2. The van der Waals surface area contributed by atoms with Gasteiger partial charge in [-0.25, -0.2) is 0 Å². The highest BCUT2D eigenvalue weighted by Gasteiger charge is 2.36. The molecule has 0 aromatic heterocycles. The summed E-state index contributed by atoms with van der Waals surface area (Å²) >= 11 is 0. The maximum Gasteiger partial charge on any atom is 0.00924 e. The summed E-state index contributed by atoms with van der Waals surface area (Å²) < 4.78 is 0. The fraction of sp³-hybridized carbons (Fsp3) is 1.00. The zero-order valence-electron chi connectivity index (χ0n) is 14.1. The highest BCUT2D eigenvalue weighted by Crippen LogP contribution is 2.40. The third-order valence-corrected chi connectivity index (χ3v) is 5.77. The van der Waals surface area contributed by atoms with E-state index in [-0.39, 0.29) is 0 Å². The molecule has 2 atom stereocenters. The Kier molecular flexibility index (Phi) is 6.35. The SMILES string of the molecule is CNCC1(CN(C)C2CCCCCC2)CCCC(C)C1. The average molecular weight is 280 g/mol. The van der Waals surface area contributed by atoms with Gasteiger partial charge in [-0.3, -0.25) is 0 Å². The molecule has 0 spiro atoms. The van der Waals surface area contributed by atoms with Crippen molar-refractivity contribution in [2.24, 2.45) is 11.3 Å². The van der Waals surface area contributed by atoms with Gasteiger partial charge in [-0.05, 0) is 51.1 Å². The summed E-state index contributed by atoms with van der Waals surface area (Å²) in [5, 5.41) is 3.49. The Labute approximate surface area is 126 Å². The molecule has 0 aromatic carbocycles. The topological polar surface area (TPSA) is 15.3 Å². The minimum absolute atomic E-state index is 0.535. The van der Waals surface area contributed by atoms with Crippen LogP contribution in [0.3, 0.4) is 0 Å². The van der Waals surface area contributed by atoms with Crippen molar-refractivity contribution in [2.75, 3.05) is 27.2 Å². The van der Waals surface area contributed by atoms with Crippen molar-refractivity contribution in [3.05, 3.63) is 0 Å². The summed E-state index contributed by atoms with van der Waals surface area (Å²) in [5.74, 6) is 0.916. The third kappa shape index (κ3) is 4.46. The van der Waals surface area contributed by atoms with Crippen molar-refractivity contribution in [3.63, 3.8) is 0 Å². The zero-order valence-corrected chi connectivity index (χ0v) is 14.1. The summed E-state index contributed by atoms with van der Waals surface area (Å²) in [7, 11) is 4.53. The van der Waals surface area contributed by atoms with Gasteiger partial charge >= 0.3 is 0 Å². The Hall–Kier alpha value is -0.0800. The lowest BCUT2D eigenvalue weighted by Crippen LogP contribution is -2.47. The molecule has 2 saturated carbocycles. The maximum absolute atomic E-state index is 3.49. The van der Waals surface area contributed by atoms with E-state index in [0.29, 0.717) is 5.41 Å². The molecule has 0 aliphatic heterocycles. The second-order valence-corrected chi connectivity index (χ2v) is 7.79. The Morgan fingerprint density at radius 2 is 1.75 bits per heavy atom. The molecule has 0 saturated heterocycles. The van der Waals surface area contributed by atoms with Crippen LogP contribution >= 0.6 is 0 Å². The predicted octanol–water partition coefficient (Wildman–Crippen LogP) is 4.06. The maximum atomic E-state index is 3.49. The van der Waals surface area contributed by atoms with Crippen LogP contribution in [0.2, 0.25) is 0 Å². The third-order valence-electron chi connectivity index (χ3n) is 5.77. The molecule has 2 aliphatic carbocycles. The van der Waals surface area contributed by atoms with Crippen molar-refractivity contribution in [2.45, 2.75) is 77.2 Å². The van der Waals surface area contributed by atoms with Gasteiger partial charge in [-0.15, -0.1) is 0 Å². The normalized spacial score (nSPS) is 33.3. The molecular weight excluding hydrogens is 244 g/mol. The first-order valence-electron chi connectivity index (χ1n) is 9.00. The monoisotopic (exact) mass is 280 g/mol. The van der Waals surface area contributed by atoms with Gasteiger partial charge in [0.25, 0.3) is 0 Å². The Bertz CT molecular complexity index is 267. The number of rotatable bonds is 5. The predicted molar refractivity (Wildman–Crippen MR) is 88.1 cm³/mol. The summed E-state index contributed by atoms with van der Waals surface area (Å²) in [6.07, 6.45) is 14.4. The zero-order chi connectivity index (χ0) is 14.4. The molecule has 2 aliphatic rings. The van der Waals surface area contributed by atoms with Crippen molar-refractivity contribution < 1.29 is 0 Å². The van der Waals surface area contributed by atoms with Crippen molar-refractivity contribution in [1.82, 2.24) is 10.2 Å². The van der Waals surface area contributed by atoms with Gasteiger partial charge in [0.2, 0.25) is 0 Å². The Morgan fingerprint density at radius 1 is 1.05 bits per heavy atom. The Balaban J connectivity index is 1.95. The highest BCUT2D eigenvalue weighted by molar-refractivity contribution is 4.90. The van der Waals surface area contributed by atoms with Gasteiger partial charge in [0.1, 0.15) is 0 Å². The van der Waals surface area contributed by atoms with E-state index in [2.05, 4.69) is 31.2 Å². The van der Waals surface area contributed by atoms with Gasteiger partial charge in [-0.2, -0.15) is 0 Å². The summed E-state index contributed by atoms with van der Waals surface area (Å²) in [4.78, 5) is 2.72. The molecule has 118 valence electrons. The smallest absolute Gasteiger partial charge is 0.00924 e. The molecule has 0 radical (unpaired) electrons. The van der Waals surface area contributed by atoms with Gasteiger partial charge in [0.15, 0.2) is 0 Å². The van der Waals surface area contributed by atoms with Crippen LogP contribution in [0.25, 0.3) is 0 Å². The van der Waals surface area contributed by atoms with Crippen LogP contribution in [0.15, 0.2) is 0 Å². The first kappa shape index (κ1) is 16.3. The summed E-state index contributed by atoms with van der Waals surface area (Å²) in [5.41, 5.74) is 0.535. The van der Waals surface area contributed by atoms with E-state index in [1.165, 1.54) is 77.3 Å². The van der Waals surface area contributed by atoms with Crippen LogP contribution in [0.5, 0.6) is 0 Å². The molecule has 1 N–H and O–H groups in total. The van der Waals surface area contributed by atoms with E-state index in [0.717, 1.165) is 12.0 Å². The molecule has 2 heteroatoms. The largest absolute Gasteiger partial charge is 0.319 e. The van der Waals surface area contributed by atoms with E-state index < -0.39 is 0 Å².